The quantitative estimate of drug-likeness (QED) is 0.788. The largest absolute Gasteiger partial charge is 0.398 e. The van der Waals surface area contributed by atoms with Crippen LogP contribution in [-0.2, 0) is 4.74 Å². The van der Waals surface area contributed by atoms with E-state index in [1.807, 2.05) is 12.1 Å². The van der Waals surface area contributed by atoms with Gasteiger partial charge in [-0.05, 0) is 31.0 Å². The van der Waals surface area contributed by atoms with E-state index in [1.165, 1.54) is 0 Å². The van der Waals surface area contributed by atoms with Gasteiger partial charge in [-0.3, -0.25) is 0 Å². The molecule has 1 aliphatic rings. The minimum Gasteiger partial charge on any atom is -0.398 e. The summed E-state index contributed by atoms with van der Waals surface area (Å²) in [5, 5.41) is 8.95. The van der Waals surface area contributed by atoms with Crippen LogP contribution in [0.3, 0.4) is 0 Å². The number of hydrogen-bond donors (Lipinski definition) is 1. The van der Waals surface area contributed by atoms with E-state index in [-0.39, 0.29) is 0 Å². The number of nitrogens with two attached hydrogens (primary N) is 1. The van der Waals surface area contributed by atoms with Crippen molar-refractivity contribution in [1.29, 1.82) is 5.26 Å². The molecular formula is C13H17N3O. The van der Waals surface area contributed by atoms with Gasteiger partial charge < -0.3 is 15.4 Å². The first-order valence-electron chi connectivity index (χ1n) is 5.82. The predicted molar refractivity (Wildman–Crippen MR) is 67.8 cm³/mol. The van der Waals surface area contributed by atoms with Crippen molar-refractivity contribution in [3.8, 4) is 6.07 Å². The Morgan fingerprint density at radius 3 is 2.71 bits per heavy atom. The van der Waals surface area contributed by atoms with Crippen LogP contribution < -0.4 is 10.6 Å². The summed E-state index contributed by atoms with van der Waals surface area (Å²) in [6.07, 6.45) is 2.43. The van der Waals surface area contributed by atoms with Crippen LogP contribution in [0.1, 0.15) is 18.4 Å². The molecule has 0 amide bonds. The third-order valence-electron chi connectivity index (χ3n) is 3.30. The highest BCUT2D eigenvalue weighted by atomic mass is 16.5. The Labute approximate surface area is 102 Å². The van der Waals surface area contributed by atoms with Gasteiger partial charge in [-0.25, -0.2) is 0 Å². The summed E-state index contributed by atoms with van der Waals surface area (Å²) in [5.41, 5.74) is 7.88. The van der Waals surface area contributed by atoms with Crippen molar-refractivity contribution in [2.45, 2.75) is 18.9 Å². The Hall–Kier alpha value is -1.73. The first-order chi connectivity index (χ1) is 8.24. The average molecular weight is 231 g/mol. The molecule has 90 valence electrons. The van der Waals surface area contributed by atoms with Gasteiger partial charge in [0, 0.05) is 31.6 Å². The molecule has 1 aromatic rings. The molecule has 0 aliphatic carbocycles. The summed E-state index contributed by atoms with van der Waals surface area (Å²) < 4.78 is 5.34. The van der Waals surface area contributed by atoms with Crippen LogP contribution >= 0.6 is 0 Å². The van der Waals surface area contributed by atoms with Crippen LogP contribution in [0.25, 0.3) is 0 Å². The van der Waals surface area contributed by atoms with Crippen molar-refractivity contribution in [3.63, 3.8) is 0 Å². The molecule has 0 atom stereocenters. The molecule has 1 fully saturated rings. The fourth-order valence-corrected chi connectivity index (χ4v) is 2.19. The van der Waals surface area contributed by atoms with Crippen molar-refractivity contribution >= 4 is 11.4 Å². The number of piperidine rings is 1. The van der Waals surface area contributed by atoms with E-state index < -0.39 is 0 Å². The smallest absolute Gasteiger partial charge is 0.101 e. The van der Waals surface area contributed by atoms with Crippen molar-refractivity contribution in [2.75, 3.05) is 30.8 Å². The second-order valence-corrected chi connectivity index (χ2v) is 4.31. The highest BCUT2D eigenvalue weighted by molar-refractivity contribution is 5.62. The lowest BCUT2D eigenvalue weighted by molar-refractivity contribution is 0.0819. The van der Waals surface area contributed by atoms with Crippen molar-refractivity contribution < 1.29 is 4.74 Å². The summed E-state index contributed by atoms with van der Waals surface area (Å²) in [4.78, 5) is 2.27. The molecule has 1 saturated heterocycles. The molecule has 0 radical (unpaired) electrons. The number of anilines is 2. The van der Waals surface area contributed by atoms with E-state index in [9.17, 15) is 0 Å². The Morgan fingerprint density at radius 2 is 2.12 bits per heavy atom. The number of nitrogen functional groups attached to an aromatic ring is 1. The van der Waals surface area contributed by atoms with Crippen molar-refractivity contribution in [2.24, 2.45) is 0 Å². The van der Waals surface area contributed by atoms with Gasteiger partial charge in [-0.15, -0.1) is 0 Å². The lowest BCUT2D eigenvalue weighted by Gasteiger charge is -2.33. The Balaban J connectivity index is 2.11. The zero-order valence-electron chi connectivity index (χ0n) is 10.0. The second-order valence-electron chi connectivity index (χ2n) is 4.31. The molecule has 4 nitrogen and oxygen atoms in total. The van der Waals surface area contributed by atoms with E-state index >= 15 is 0 Å². The van der Waals surface area contributed by atoms with Crippen LogP contribution in [0.4, 0.5) is 11.4 Å². The van der Waals surface area contributed by atoms with Crippen LogP contribution in [0, 0.1) is 11.3 Å². The molecule has 1 aliphatic heterocycles. The van der Waals surface area contributed by atoms with Crippen LogP contribution in [-0.4, -0.2) is 26.3 Å². The van der Waals surface area contributed by atoms with Crippen LogP contribution in [0.15, 0.2) is 18.2 Å². The summed E-state index contributed by atoms with van der Waals surface area (Å²) in [5.74, 6) is 0. The van der Waals surface area contributed by atoms with E-state index in [1.54, 1.807) is 13.2 Å². The molecule has 1 heterocycles. The van der Waals surface area contributed by atoms with E-state index in [4.69, 9.17) is 15.7 Å². The first kappa shape index (κ1) is 11.7. The molecule has 0 spiro atoms. The van der Waals surface area contributed by atoms with E-state index in [0.717, 1.165) is 31.6 Å². The summed E-state index contributed by atoms with van der Waals surface area (Å²) >= 11 is 0. The number of nitriles is 1. The molecular weight excluding hydrogens is 214 g/mol. The number of hydrogen-bond acceptors (Lipinski definition) is 4. The lowest BCUT2D eigenvalue weighted by atomic mass is 10.1. The predicted octanol–water partition coefficient (Wildman–Crippen LogP) is 1.76. The molecule has 4 heteroatoms. The minimum absolute atomic E-state index is 0.371. The first-order valence-corrected chi connectivity index (χ1v) is 5.82. The molecule has 0 bridgehead atoms. The third-order valence-corrected chi connectivity index (χ3v) is 3.30. The fourth-order valence-electron chi connectivity index (χ4n) is 2.19. The number of ether oxygens (including phenoxy) is 1. The SMILES string of the molecule is COC1CCN(c2ccc(N)c(C#N)c2)CC1. The van der Waals surface area contributed by atoms with Gasteiger partial charge in [0.1, 0.15) is 6.07 Å². The molecule has 17 heavy (non-hydrogen) atoms. The standard InChI is InChI=1S/C13H17N3O/c1-17-12-4-6-16(7-5-12)11-2-3-13(15)10(8-11)9-14/h2-3,8,12H,4-7,15H2,1H3. The zero-order chi connectivity index (χ0) is 12.3. The number of methoxy groups -OCH3 is 1. The molecule has 2 N–H and O–H groups in total. The lowest BCUT2D eigenvalue weighted by Crippen LogP contribution is -2.36. The van der Waals surface area contributed by atoms with Gasteiger partial charge in [-0.1, -0.05) is 0 Å². The second kappa shape index (κ2) is 5.07. The highest BCUT2D eigenvalue weighted by Gasteiger charge is 2.19. The van der Waals surface area contributed by atoms with Gasteiger partial charge in [0.2, 0.25) is 0 Å². The normalized spacial score (nSPS) is 16.8. The topological polar surface area (TPSA) is 62.3 Å². The maximum absolute atomic E-state index is 8.95. The highest BCUT2D eigenvalue weighted by Crippen LogP contribution is 2.24. The van der Waals surface area contributed by atoms with E-state index in [2.05, 4.69) is 11.0 Å². The minimum atomic E-state index is 0.371. The number of rotatable bonds is 2. The van der Waals surface area contributed by atoms with Crippen molar-refractivity contribution in [1.82, 2.24) is 0 Å². The molecule has 0 aromatic heterocycles. The Kier molecular flexibility index (Phi) is 3.50. The Bertz CT molecular complexity index is 431. The average Bonchev–Trinajstić information content (AvgIpc) is 2.39. The zero-order valence-corrected chi connectivity index (χ0v) is 10.0. The molecule has 1 aromatic carbocycles. The Morgan fingerprint density at radius 1 is 1.41 bits per heavy atom. The van der Waals surface area contributed by atoms with Gasteiger partial charge in [0.05, 0.1) is 11.7 Å². The molecule has 0 unspecified atom stereocenters. The van der Waals surface area contributed by atoms with Gasteiger partial charge in [-0.2, -0.15) is 5.26 Å². The van der Waals surface area contributed by atoms with Gasteiger partial charge in [0.25, 0.3) is 0 Å². The summed E-state index contributed by atoms with van der Waals surface area (Å²) in [7, 11) is 1.76. The fraction of sp³-hybridized carbons (Fsp3) is 0.462. The number of benzene rings is 1. The monoisotopic (exact) mass is 231 g/mol. The maximum atomic E-state index is 8.95. The summed E-state index contributed by atoms with van der Waals surface area (Å²) in [6.45, 7) is 1.93. The molecule has 2 rings (SSSR count). The van der Waals surface area contributed by atoms with Gasteiger partial charge in [0.15, 0.2) is 0 Å². The number of nitrogens with zero attached hydrogens (tertiary/aromatic N) is 2. The van der Waals surface area contributed by atoms with Crippen molar-refractivity contribution in [3.05, 3.63) is 23.8 Å². The van der Waals surface area contributed by atoms with Crippen LogP contribution in [0.2, 0.25) is 0 Å². The third kappa shape index (κ3) is 2.51. The maximum Gasteiger partial charge on any atom is 0.101 e. The van der Waals surface area contributed by atoms with E-state index in [0.29, 0.717) is 17.4 Å². The summed E-state index contributed by atoms with van der Waals surface area (Å²) in [6, 6.07) is 7.76. The van der Waals surface area contributed by atoms with Gasteiger partial charge >= 0.3 is 0 Å². The van der Waals surface area contributed by atoms with Crippen LogP contribution in [0.5, 0.6) is 0 Å². The molecule has 0 saturated carbocycles.